The van der Waals surface area contributed by atoms with Gasteiger partial charge < -0.3 is 10.2 Å². The minimum absolute atomic E-state index is 0.178. The predicted molar refractivity (Wildman–Crippen MR) is 78.5 cm³/mol. The van der Waals surface area contributed by atoms with E-state index in [0.717, 1.165) is 43.6 Å². The third-order valence-electron chi connectivity index (χ3n) is 4.15. The van der Waals surface area contributed by atoms with Crippen LogP contribution in [0.15, 0.2) is 18.2 Å². The molecule has 2 rings (SSSR count). The van der Waals surface area contributed by atoms with Gasteiger partial charge in [0.1, 0.15) is 0 Å². The van der Waals surface area contributed by atoms with Crippen LogP contribution in [-0.4, -0.2) is 36.5 Å². The lowest BCUT2D eigenvalue weighted by molar-refractivity contribution is 0.0661. The largest absolute Gasteiger partial charge is 0.335 e. The lowest BCUT2D eigenvalue weighted by atomic mass is 10.00. The number of hydrogen-bond acceptors (Lipinski definition) is 2. The topological polar surface area (TPSA) is 32.3 Å². The molecule has 1 heterocycles. The van der Waals surface area contributed by atoms with Crippen LogP contribution in [0.4, 0.5) is 0 Å². The molecule has 1 unspecified atom stereocenters. The first kappa shape index (κ1) is 14.1. The first-order chi connectivity index (χ1) is 9.15. The summed E-state index contributed by atoms with van der Waals surface area (Å²) in [5, 5.41) is 3.39. The van der Waals surface area contributed by atoms with Crippen molar-refractivity contribution in [2.45, 2.75) is 39.7 Å². The maximum Gasteiger partial charge on any atom is 0.254 e. The number of benzene rings is 1. The molecule has 1 aliphatic heterocycles. The van der Waals surface area contributed by atoms with Gasteiger partial charge in [-0.05, 0) is 57.4 Å². The van der Waals surface area contributed by atoms with Crippen LogP contribution in [0.2, 0.25) is 0 Å². The highest BCUT2D eigenvalue weighted by atomic mass is 16.2. The van der Waals surface area contributed by atoms with Crippen molar-refractivity contribution in [2.24, 2.45) is 0 Å². The number of amides is 1. The van der Waals surface area contributed by atoms with Crippen LogP contribution >= 0.6 is 0 Å². The summed E-state index contributed by atoms with van der Waals surface area (Å²) in [4.78, 5) is 14.8. The summed E-state index contributed by atoms with van der Waals surface area (Å²) in [5.74, 6) is 0.178. The van der Waals surface area contributed by atoms with Gasteiger partial charge in [0, 0.05) is 24.7 Å². The van der Waals surface area contributed by atoms with Crippen LogP contribution < -0.4 is 5.32 Å². The van der Waals surface area contributed by atoms with E-state index < -0.39 is 0 Å². The highest BCUT2D eigenvalue weighted by Crippen LogP contribution is 2.18. The van der Waals surface area contributed by atoms with Gasteiger partial charge in [-0.1, -0.05) is 12.1 Å². The number of carbonyl (C=O) groups is 1. The lowest BCUT2D eigenvalue weighted by Crippen LogP contribution is -2.48. The van der Waals surface area contributed by atoms with E-state index in [2.05, 4.69) is 25.2 Å². The molecule has 0 saturated carbocycles. The number of nitrogens with one attached hydrogen (secondary N) is 1. The summed E-state index contributed by atoms with van der Waals surface area (Å²) >= 11 is 0. The fourth-order valence-electron chi connectivity index (χ4n) is 2.80. The van der Waals surface area contributed by atoms with E-state index in [1.807, 2.05) is 24.0 Å². The van der Waals surface area contributed by atoms with Gasteiger partial charge in [0.2, 0.25) is 0 Å². The van der Waals surface area contributed by atoms with E-state index in [-0.39, 0.29) is 5.91 Å². The van der Waals surface area contributed by atoms with Crippen molar-refractivity contribution in [1.82, 2.24) is 10.2 Å². The van der Waals surface area contributed by atoms with Crippen LogP contribution in [0.25, 0.3) is 0 Å². The Hall–Kier alpha value is -1.35. The Morgan fingerprint density at radius 3 is 2.84 bits per heavy atom. The quantitative estimate of drug-likeness (QED) is 0.905. The van der Waals surface area contributed by atoms with Crippen molar-refractivity contribution in [3.8, 4) is 0 Å². The zero-order valence-corrected chi connectivity index (χ0v) is 12.2. The third-order valence-corrected chi connectivity index (χ3v) is 4.15. The summed E-state index contributed by atoms with van der Waals surface area (Å²) in [5.41, 5.74) is 3.14. The van der Waals surface area contributed by atoms with E-state index in [1.54, 1.807) is 0 Å². The molecule has 0 spiro atoms. The normalized spacial score (nSPS) is 19.2. The number of piperidine rings is 1. The summed E-state index contributed by atoms with van der Waals surface area (Å²) in [6.45, 7) is 8.94. The first-order valence-corrected chi connectivity index (χ1v) is 7.23. The molecule has 0 bridgehead atoms. The molecule has 0 aromatic heterocycles. The number of rotatable bonds is 3. The second kappa shape index (κ2) is 6.20. The van der Waals surface area contributed by atoms with Crippen molar-refractivity contribution >= 4 is 5.91 Å². The summed E-state index contributed by atoms with van der Waals surface area (Å²) < 4.78 is 0. The smallest absolute Gasteiger partial charge is 0.254 e. The molecule has 19 heavy (non-hydrogen) atoms. The van der Waals surface area contributed by atoms with Gasteiger partial charge in [0.15, 0.2) is 0 Å². The molecular formula is C16H24N2O. The van der Waals surface area contributed by atoms with Crippen molar-refractivity contribution in [2.75, 3.05) is 19.6 Å². The standard InChI is InChI=1S/C16H24N2O/c1-4-18(14-8-6-10-17-11-14)16(19)15-9-5-7-12(2)13(15)3/h5,7,9,14,17H,4,6,8,10-11H2,1-3H3. The molecule has 1 aliphatic rings. The van der Waals surface area contributed by atoms with Crippen LogP contribution in [-0.2, 0) is 0 Å². The zero-order chi connectivity index (χ0) is 13.8. The van der Waals surface area contributed by atoms with E-state index in [4.69, 9.17) is 0 Å². The summed E-state index contributed by atoms with van der Waals surface area (Å²) in [6.07, 6.45) is 2.26. The number of nitrogens with zero attached hydrogens (tertiary/aromatic N) is 1. The average molecular weight is 260 g/mol. The molecule has 0 radical (unpaired) electrons. The van der Waals surface area contributed by atoms with Gasteiger partial charge in [-0.15, -0.1) is 0 Å². The van der Waals surface area contributed by atoms with Crippen LogP contribution in [0.1, 0.15) is 41.3 Å². The molecule has 1 aromatic carbocycles. The van der Waals surface area contributed by atoms with Gasteiger partial charge in [0.05, 0.1) is 0 Å². The van der Waals surface area contributed by atoms with Crippen LogP contribution in [0, 0.1) is 13.8 Å². The molecule has 1 aromatic rings. The molecule has 1 amide bonds. The van der Waals surface area contributed by atoms with Gasteiger partial charge in [-0.3, -0.25) is 4.79 Å². The molecule has 1 atom stereocenters. The van der Waals surface area contributed by atoms with E-state index in [9.17, 15) is 4.79 Å². The number of hydrogen-bond donors (Lipinski definition) is 1. The maximum atomic E-state index is 12.7. The molecular weight excluding hydrogens is 236 g/mol. The monoisotopic (exact) mass is 260 g/mol. The van der Waals surface area contributed by atoms with E-state index >= 15 is 0 Å². The number of carbonyl (C=O) groups excluding carboxylic acids is 1. The van der Waals surface area contributed by atoms with Gasteiger partial charge in [-0.25, -0.2) is 0 Å². The van der Waals surface area contributed by atoms with Crippen molar-refractivity contribution in [3.63, 3.8) is 0 Å². The third kappa shape index (κ3) is 2.98. The highest BCUT2D eigenvalue weighted by Gasteiger charge is 2.25. The van der Waals surface area contributed by atoms with E-state index in [1.165, 1.54) is 5.56 Å². The molecule has 1 N–H and O–H groups in total. The summed E-state index contributed by atoms with van der Waals surface area (Å²) in [7, 11) is 0. The fraction of sp³-hybridized carbons (Fsp3) is 0.562. The minimum atomic E-state index is 0.178. The lowest BCUT2D eigenvalue weighted by Gasteiger charge is -2.34. The Labute approximate surface area is 116 Å². The van der Waals surface area contributed by atoms with Crippen molar-refractivity contribution < 1.29 is 4.79 Å². The Kier molecular flexibility index (Phi) is 4.59. The van der Waals surface area contributed by atoms with Gasteiger partial charge >= 0.3 is 0 Å². The molecule has 3 nitrogen and oxygen atoms in total. The molecule has 1 saturated heterocycles. The van der Waals surface area contributed by atoms with E-state index in [0.29, 0.717) is 6.04 Å². The predicted octanol–water partition coefficient (Wildman–Crippen LogP) is 2.52. The maximum absolute atomic E-state index is 12.7. The van der Waals surface area contributed by atoms with Crippen molar-refractivity contribution in [3.05, 3.63) is 34.9 Å². The minimum Gasteiger partial charge on any atom is -0.335 e. The SMILES string of the molecule is CCN(C(=O)c1cccc(C)c1C)C1CCCNC1. The van der Waals surface area contributed by atoms with Crippen LogP contribution in [0.3, 0.4) is 0 Å². The Morgan fingerprint density at radius 1 is 1.42 bits per heavy atom. The molecule has 1 fully saturated rings. The molecule has 104 valence electrons. The van der Waals surface area contributed by atoms with Gasteiger partial charge in [-0.2, -0.15) is 0 Å². The average Bonchev–Trinajstić information content (AvgIpc) is 2.44. The summed E-state index contributed by atoms with van der Waals surface area (Å²) in [6, 6.07) is 6.32. The Balaban J connectivity index is 2.22. The van der Waals surface area contributed by atoms with Gasteiger partial charge in [0.25, 0.3) is 5.91 Å². The highest BCUT2D eigenvalue weighted by molar-refractivity contribution is 5.96. The fourth-order valence-corrected chi connectivity index (χ4v) is 2.80. The Morgan fingerprint density at radius 2 is 2.21 bits per heavy atom. The number of aryl methyl sites for hydroxylation is 1. The van der Waals surface area contributed by atoms with Crippen molar-refractivity contribution in [1.29, 1.82) is 0 Å². The second-order valence-electron chi connectivity index (χ2n) is 5.34. The molecule has 3 heteroatoms. The second-order valence-corrected chi connectivity index (χ2v) is 5.34. The Bertz CT molecular complexity index is 450. The molecule has 0 aliphatic carbocycles. The van der Waals surface area contributed by atoms with Crippen LogP contribution in [0.5, 0.6) is 0 Å². The zero-order valence-electron chi connectivity index (χ0n) is 12.2. The number of likely N-dealkylation sites (N-methyl/N-ethyl adjacent to an activating group) is 1. The first-order valence-electron chi connectivity index (χ1n) is 7.23.